The Balaban J connectivity index is 1.75. The molecule has 2 aliphatic heterocycles. The van der Waals surface area contributed by atoms with E-state index in [1.165, 1.54) is 24.0 Å². The number of rotatable bonds is 3. The minimum absolute atomic E-state index is 0.0569. The molecule has 25 heavy (non-hydrogen) atoms. The first kappa shape index (κ1) is 16.7. The zero-order chi connectivity index (χ0) is 17.4. The van der Waals surface area contributed by atoms with Crippen molar-refractivity contribution in [2.45, 2.75) is 50.5 Å². The second-order valence-corrected chi connectivity index (χ2v) is 7.51. The summed E-state index contributed by atoms with van der Waals surface area (Å²) in [7, 11) is 1.64. The van der Waals surface area contributed by atoms with Crippen molar-refractivity contribution in [3.63, 3.8) is 0 Å². The molecule has 1 amide bonds. The van der Waals surface area contributed by atoms with Gasteiger partial charge in [0, 0.05) is 19.1 Å². The summed E-state index contributed by atoms with van der Waals surface area (Å²) in [5.41, 5.74) is 2.67. The van der Waals surface area contributed by atoms with Crippen LogP contribution in [0.25, 0.3) is 0 Å². The molecule has 0 unspecified atom stereocenters. The van der Waals surface area contributed by atoms with Crippen LogP contribution in [0.2, 0.25) is 0 Å². The highest BCUT2D eigenvalue weighted by Gasteiger charge is 2.46. The van der Waals surface area contributed by atoms with Crippen LogP contribution in [0.15, 0.2) is 12.1 Å². The zero-order valence-electron chi connectivity index (χ0n) is 15.2. The predicted octanol–water partition coefficient (Wildman–Crippen LogP) is 3.21. The van der Waals surface area contributed by atoms with Gasteiger partial charge in [0.05, 0.1) is 19.1 Å². The summed E-state index contributed by atoms with van der Waals surface area (Å²) in [6.45, 7) is 4.60. The molecular formula is C20H27NO4. The van der Waals surface area contributed by atoms with Gasteiger partial charge < -0.3 is 19.1 Å². The van der Waals surface area contributed by atoms with Crippen LogP contribution < -0.4 is 9.47 Å². The molecule has 1 fully saturated rings. The Bertz CT molecular complexity index is 666. The number of ether oxygens (including phenoxy) is 3. The smallest absolute Gasteiger partial charge is 0.225 e. The molecule has 0 saturated heterocycles. The quantitative estimate of drug-likeness (QED) is 0.844. The summed E-state index contributed by atoms with van der Waals surface area (Å²) in [5.74, 6) is 1.86. The maximum absolute atomic E-state index is 12.8. The lowest BCUT2D eigenvalue weighted by molar-refractivity contribution is -0.136. The average molecular weight is 345 g/mol. The Morgan fingerprint density at radius 2 is 1.92 bits per heavy atom. The minimum Gasteiger partial charge on any atom is -0.486 e. The summed E-state index contributed by atoms with van der Waals surface area (Å²) in [4.78, 5) is 14.9. The zero-order valence-corrected chi connectivity index (χ0v) is 15.2. The number of benzene rings is 1. The molecule has 5 nitrogen and oxygen atoms in total. The Kier molecular flexibility index (Phi) is 4.36. The van der Waals surface area contributed by atoms with E-state index in [2.05, 4.69) is 24.0 Å². The molecule has 0 aromatic heterocycles. The molecule has 1 aromatic rings. The number of nitrogens with zero attached hydrogens (tertiary/aromatic N) is 1. The lowest BCUT2D eigenvalue weighted by Crippen LogP contribution is -2.48. The molecule has 1 saturated carbocycles. The maximum atomic E-state index is 12.8. The number of fused-ring (bicyclic) bond motifs is 3. The molecular weight excluding hydrogens is 318 g/mol. The van der Waals surface area contributed by atoms with Crippen molar-refractivity contribution >= 4 is 5.91 Å². The van der Waals surface area contributed by atoms with Crippen LogP contribution in [-0.4, -0.2) is 44.3 Å². The van der Waals surface area contributed by atoms with Crippen molar-refractivity contribution in [3.8, 4) is 11.5 Å². The molecule has 0 radical (unpaired) electrons. The van der Waals surface area contributed by atoms with Gasteiger partial charge in [-0.1, -0.05) is 12.8 Å². The normalized spacial score (nSPS) is 23.6. The standard InChI is InChI=1S/C20H27NO4/c1-14-15-11-17-18(25-10-9-24-17)12-16(15)20(6-3-4-7-20)13-21(14)19(22)5-8-23-2/h11-12,14H,3-10,13H2,1-2H3/t14-/m1/s1. The van der Waals surface area contributed by atoms with Crippen molar-refractivity contribution in [3.05, 3.63) is 23.3 Å². The number of methoxy groups -OCH3 is 1. The van der Waals surface area contributed by atoms with E-state index in [1.807, 2.05) is 0 Å². The van der Waals surface area contributed by atoms with Crippen LogP contribution in [0.5, 0.6) is 11.5 Å². The monoisotopic (exact) mass is 345 g/mol. The van der Waals surface area contributed by atoms with E-state index < -0.39 is 0 Å². The topological polar surface area (TPSA) is 48.0 Å². The fourth-order valence-corrected chi connectivity index (χ4v) is 4.74. The van der Waals surface area contributed by atoms with Crippen LogP contribution in [0.4, 0.5) is 0 Å². The maximum Gasteiger partial charge on any atom is 0.225 e. The van der Waals surface area contributed by atoms with Gasteiger partial charge >= 0.3 is 0 Å². The van der Waals surface area contributed by atoms with Gasteiger partial charge in [-0.15, -0.1) is 0 Å². The third kappa shape index (κ3) is 2.78. The molecule has 136 valence electrons. The fraction of sp³-hybridized carbons (Fsp3) is 0.650. The van der Waals surface area contributed by atoms with Gasteiger partial charge in [0.25, 0.3) is 0 Å². The van der Waals surface area contributed by atoms with Crippen molar-refractivity contribution in [1.29, 1.82) is 0 Å². The van der Waals surface area contributed by atoms with E-state index >= 15 is 0 Å². The largest absolute Gasteiger partial charge is 0.486 e. The van der Waals surface area contributed by atoms with Gasteiger partial charge in [0.1, 0.15) is 13.2 Å². The summed E-state index contributed by atoms with van der Waals surface area (Å²) < 4.78 is 16.7. The number of amides is 1. The third-order valence-electron chi connectivity index (χ3n) is 6.08. The van der Waals surface area contributed by atoms with Crippen LogP contribution >= 0.6 is 0 Å². The van der Waals surface area contributed by atoms with Crippen LogP contribution in [-0.2, 0) is 14.9 Å². The van der Waals surface area contributed by atoms with Crippen molar-refractivity contribution < 1.29 is 19.0 Å². The van der Waals surface area contributed by atoms with E-state index in [-0.39, 0.29) is 17.4 Å². The Labute approximate surface area is 149 Å². The fourth-order valence-electron chi connectivity index (χ4n) is 4.74. The summed E-state index contributed by atoms with van der Waals surface area (Å²) in [5, 5.41) is 0. The second-order valence-electron chi connectivity index (χ2n) is 7.51. The van der Waals surface area contributed by atoms with Gasteiger partial charge in [-0.3, -0.25) is 4.79 Å². The van der Waals surface area contributed by atoms with E-state index in [0.29, 0.717) is 26.2 Å². The minimum atomic E-state index is 0.0569. The van der Waals surface area contributed by atoms with Crippen molar-refractivity contribution in [2.24, 2.45) is 0 Å². The number of carbonyl (C=O) groups is 1. The first-order chi connectivity index (χ1) is 12.1. The predicted molar refractivity (Wildman–Crippen MR) is 94.2 cm³/mol. The first-order valence-corrected chi connectivity index (χ1v) is 9.37. The van der Waals surface area contributed by atoms with Gasteiger partial charge in [0.15, 0.2) is 11.5 Å². The first-order valence-electron chi connectivity index (χ1n) is 9.37. The molecule has 1 spiro atoms. The van der Waals surface area contributed by atoms with Gasteiger partial charge in [0.2, 0.25) is 5.91 Å². The van der Waals surface area contributed by atoms with Crippen molar-refractivity contribution in [2.75, 3.05) is 33.5 Å². The van der Waals surface area contributed by atoms with Crippen molar-refractivity contribution in [1.82, 2.24) is 4.90 Å². The summed E-state index contributed by atoms with van der Waals surface area (Å²) in [6, 6.07) is 4.37. The molecule has 1 atom stereocenters. The summed E-state index contributed by atoms with van der Waals surface area (Å²) >= 11 is 0. The van der Waals surface area contributed by atoms with Crippen LogP contribution in [0, 0.1) is 0 Å². The highest BCUT2D eigenvalue weighted by molar-refractivity contribution is 5.78. The van der Waals surface area contributed by atoms with E-state index in [1.54, 1.807) is 7.11 Å². The number of hydrogen-bond acceptors (Lipinski definition) is 4. The summed E-state index contributed by atoms with van der Waals surface area (Å²) in [6.07, 6.45) is 5.17. The lowest BCUT2D eigenvalue weighted by atomic mass is 9.71. The molecule has 5 heteroatoms. The second kappa shape index (κ2) is 6.52. The van der Waals surface area contributed by atoms with E-state index in [9.17, 15) is 4.79 Å². The van der Waals surface area contributed by atoms with Gasteiger partial charge in [-0.05, 0) is 43.0 Å². The lowest BCUT2D eigenvalue weighted by Gasteiger charge is -2.46. The highest BCUT2D eigenvalue weighted by Crippen LogP contribution is 2.51. The molecule has 3 aliphatic rings. The number of carbonyl (C=O) groups excluding carboxylic acids is 1. The third-order valence-corrected chi connectivity index (χ3v) is 6.08. The van der Waals surface area contributed by atoms with E-state index in [0.717, 1.165) is 30.9 Å². The molecule has 0 bridgehead atoms. The van der Waals surface area contributed by atoms with Crippen LogP contribution in [0.3, 0.4) is 0 Å². The molecule has 1 aromatic carbocycles. The number of hydrogen-bond donors (Lipinski definition) is 0. The Hall–Kier alpha value is -1.75. The van der Waals surface area contributed by atoms with Gasteiger partial charge in [-0.2, -0.15) is 0 Å². The van der Waals surface area contributed by atoms with Crippen LogP contribution in [0.1, 0.15) is 56.2 Å². The highest BCUT2D eigenvalue weighted by atomic mass is 16.6. The SMILES string of the molecule is COCCC(=O)N1CC2(CCCC2)c2cc3c(cc2[C@H]1C)OCCO3. The average Bonchev–Trinajstić information content (AvgIpc) is 3.11. The Morgan fingerprint density at radius 3 is 2.60 bits per heavy atom. The molecule has 0 N–H and O–H groups in total. The van der Waals surface area contributed by atoms with Gasteiger partial charge in [-0.25, -0.2) is 0 Å². The van der Waals surface area contributed by atoms with E-state index in [4.69, 9.17) is 14.2 Å². The molecule has 1 aliphatic carbocycles. The Morgan fingerprint density at radius 1 is 1.24 bits per heavy atom. The molecule has 4 rings (SSSR count). The molecule has 2 heterocycles.